The lowest BCUT2D eigenvalue weighted by Crippen LogP contribution is -2.21. The largest absolute Gasteiger partial charge is 0.397 e. The topological polar surface area (TPSA) is 58.4 Å². The molecule has 1 amide bonds. The van der Waals surface area contributed by atoms with Gasteiger partial charge in [-0.1, -0.05) is 6.92 Å². The van der Waals surface area contributed by atoms with Gasteiger partial charge in [-0.15, -0.1) is 11.3 Å². The zero-order valence-electron chi connectivity index (χ0n) is 10.2. The molecule has 3 N–H and O–H groups in total. The third kappa shape index (κ3) is 2.88. The lowest BCUT2D eigenvalue weighted by Gasteiger charge is -2.10. The van der Waals surface area contributed by atoms with Crippen molar-refractivity contribution in [1.29, 1.82) is 0 Å². The second kappa shape index (κ2) is 5.21. The summed E-state index contributed by atoms with van der Waals surface area (Å²) in [5.74, 6) is -0.0419. The van der Waals surface area contributed by atoms with E-state index in [-0.39, 0.29) is 5.91 Å². The van der Waals surface area contributed by atoms with Crippen LogP contribution in [0.5, 0.6) is 0 Å². The molecule has 0 spiro atoms. The van der Waals surface area contributed by atoms with Gasteiger partial charge < -0.3 is 16.0 Å². The van der Waals surface area contributed by atoms with Crippen molar-refractivity contribution >= 4 is 27.9 Å². The third-order valence-electron chi connectivity index (χ3n) is 2.36. The predicted molar refractivity (Wildman–Crippen MR) is 70.1 cm³/mol. The van der Waals surface area contributed by atoms with Crippen molar-refractivity contribution in [2.45, 2.75) is 26.3 Å². The van der Waals surface area contributed by atoms with E-state index in [4.69, 9.17) is 5.73 Å². The second-order valence-corrected chi connectivity index (χ2v) is 5.10. The molecule has 1 rings (SSSR count). The first-order chi connectivity index (χ1) is 7.45. The molecule has 0 saturated carbocycles. The van der Waals surface area contributed by atoms with E-state index in [1.807, 2.05) is 6.07 Å². The Morgan fingerprint density at radius 1 is 1.62 bits per heavy atom. The SMILES string of the molecule is CCC(C)Nc1cc(N)c(C(=O)N(C)C)s1. The molecule has 1 heterocycles. The van der Waals surface area contributed by atoms with Crippen molar-refractivity contribution in [2.24, 2.45) is 0 Å². The van der Waals surface area contributed by atoms with Gasteiger partial charge in [-0.05, 0) is 19.4 Å². The summed E-state index contributed by atoms with van der Waals surface area (Å²) in [4.78, 5) is 13.9. The summed E-state index contributed by atoms with van der Waals surface area (Å²) in [5, 5.41) is 4.27. The van der Waals surface area contributed by atoms with Gasteiger partial charge in [0.1, 0.15) is 4.88 Å². The normalized spacial score (nSPS) is 12.2. The fraction of sp³-hybridized carbons (Fsp3) is 0.545. The summed E-state index contributed by atoms with van der Waals surface area (Å²) in [6.45, 7) is 4.21. The Labute approximate surface area is 100 Å². The molecule has 1 unspecified atom stereocenters. The van der Waals surface area contributed by atoms with Crippen LogP contribution in [-0.4, -0.2) is 30.9 Å². The molecule has 1 aromatic rings. The maximum Gasteiger partial charge on any atom is 0.265 e. The average Bonchev–Trinajstić information content (AvgIpc) is 2.57. The zero-order valence-corrected chi connectivity index (χ0v) is 11.0. The molecular formula is C11H19N3OS. The van der Waals surface area contributed by atoms with Gasteiger partial charge in [0.25, 0.3) is 5.91 Å². The number of nitrogens with zero attached hydrogens (tertiary/aromatic N) is 1. The fourth-order valence-electron chi connectivity index (χ4n) is 1.19. The van der Waals surface area contributed by atoms with E-state index in [9.17, 15) is 4.79 Å². The van der Waals surface area contributed by atoms with Gasteiger partial charge in [-0.25, -0.2) is 0 Å². The predicted octanol–water partition coefficient (Wildman–Crippen LogP) is 2.24. The molecule has 0 aliphatic rings. The van der Waals surface area contributed by atoms with Crippen LogP contribution in [0.3, 0.4) is 0 Å². The van der Waals surface area contributed by atoms with E-state index in [1.165, 1.54) is 16.2 Å². The highest BCUT2D eigenvalue weighted by Crippen LogP contribution is 2.30. The van der Waals surface area contributed by atoms with E-state index in [0.29, 0.717) is 16.6 Å². The van der Waals surface area contributed by atoms with Gasteiger partial charge in [0.05, 0.1) is 10.7 Å². The highest BCUT2D eigenvalue weighted by Gasteiger charge is 2.16. The Morgan fingerprint density at radius 2 is 2.25 bits per heavy atom. The summed E-state index contributed by atoms with van der Waals surface area (Å²) >= 11 is 1.41. The van der Waals surface area contributed by atoms with Crippen molar-refractivity contribution in [1.82, 2.24) is 4.90 Å². The van der Waals surface area contributed by atoms with E-state index < -0.39 is 0 Å². The number of carbonyl (C=O) groups excluding carboxylic acids is 1. The van der Waals surface area contributed by atoms with Gasteiger partial charge in [-0.2, -0.15) is 0 Å². The Hall–Kier alpha value is -1.23. The summed E-state index contributed by atoms with van der Waals surface area (Å²) in [6, 6.07) is 2.22. The van der Waals surface area contributed by atoms with Crippen molar-refractivity contribution in [3.05, 3.63) is 10.9 Å². The van der Waals surface area contributed by atoms with Crippen LogP contribution < -0.4 is 11.1 Å². The first kappa shape index (κ1) is 12.8. The lowest BCUT2D eigenvalue weighted by molar-refractivity contribution is 0.0833. The molecule has 0 aliphatic heterocycles. The van der Waals surface area contributed by atoms with E-state index in [1.54, 1.807) is 14.1 Å². The Morgan fingerprint density at radius 3 is 2.75 bits per heavy atom. The minimum absolute atomic E-state index is 0.0419. The monoisotopic (exact) mass is 241 g/mol. The molecule has 0 aliphatic carbocycles. The standard InChI is InChI=1S/C11H19N3OS/c1-5-7(2)13-9-6-8(12)10(16-9)11(15)14(3)4/h6-7,13H,5,12H2,1-4H3. The fourth-order valence-corrected chi connectivity index (χ4v) is 2.30. The summed E-state index contributed by atoms with van der Waals surface area (Å²) < 4.78 is 0. The summed E-state index contributed by atoms with van der Waals surface area (Å²) in [5.41, 5.74) is 6.37. The first-order valence-corrected chi connectivity index (χ1v) is 6.14. The summed E-state index contributed by atoms with van der Waals surface area (Å²) in [7, 11) is 3.45. The number of hydrogen-bond donors (Lipinski definition) is 2. The number of nitrogens with two attached hydrogens (primary N) is 1. The first-order valence-electron chi connectivity index (χ1n) is 5.33. The third-order valence-corrected chi connectivity index (χ3v) is 3.43. The second-order valence-electron chi connectivity index (χ2n) is 4.05. The molecule has 90 valence electrons. The number of nitrogen functional groups attached to an aromatic ring is 1. The maximum absolute atomic E-state index is 11.8. The van der Waals surface area contributed by atoms with Crippen molar-refractivity contribution in [3.8, 4) is 0 Å². The summed E-state index contributed by atoms with van der Waals surface area (Å²) in [6.07, 6.45) is 1.04. The molecular weight excluding hydrogens is 222 g/mol. The van der Waals surface area contributed by atoms with Crippen molar-refractivity contribution in [2.75, 3.05) is 25.1 Å². The lowest BCUT2D eigenvalue weighted by atomic mass is 10.3. The average molecular weight is 241 g/mol. The number of thiophene rings is 1. The van der Waals surface area contributed by atoms with Crippen LogP contribution >= 0.6 is 11.3 Å². The van der Waals surface area contributed by atoms with Crippen molar-refractivity contribution < 1.29 is 4.79 Å². The van der Waals surface area contributed by atoms with E-state index in [0.717, 1.165) is 11.4 Å². The van der Waals surface area contributed by atoms with Crippen LogP contribution in [0.15, 0.2) is 6.07 Å². The van der Waals surface area contributed by atoms with Crippen LogP contribution in [0.1, 0.15) is 29.9 Å². The molecule has 0 radical (unpaired) electrons. The quantitative estimate of drug-likeness (QED) is 0.850. The Kier molecular flexibility index (Phi) is 4.18. The molecule has 0 aromatic carbocycles. The molecule has 0 bridgehead atoms. The smallest absolute Gasteiger partial charge is 0.265 e. The molecule has 1 aromatic heterocycles. The van der Waals surface area contributed by atoms with E-state index >= 15 is 0 Å². The minimum atomic E-state index is -0.0419. The zero-order chi connectivity index (χ0) is 12.3. The maximum atomic E-state index is 11.8. The highest BCUT2D eigenvalue weighted by atomic mass is 32.1. The van der Waals surface area contributed by atoms with Gasteiger partial charge in [0.15, 0.2) is 0 Å². The number of nitrogens with one attached hydrogen (secondary N) is 1. The molecule has 4 nitrogen and oxygen atoms in total. The molecule has 16 heavy (non-hydrogen) atoms. The molecule has 0 fully saturated rings. The van der Waals surface area contributed by atoms with Crippen LogP contribution in [0.2, 0.25) is 0 Å². The van der Waals surface area contributed by atoms with Gasteiger partial charge in [0.2, 0.25) is 0 Å². The number of hydrogen-bond acceptors (Lipinski definition) is 4. The minimum Gasteiger partial charge on any atom is -0.397 e. The number of amides is 1. The van der Waals surface area contributed by atoms with Gasteiger partial charge in [0, 0.05) is 20.1 Å². The Balaban J connectivity index is 2.85. The van der Waals surface area contributed by atoms with Crippen LogP contribution in [0.25, 0.3) is 0 Å². The van der Waals surface area contributed by atoms with Crippen LogP contribution in [0, 0.1) is 0 Å². The van der Waals surface area contributed by atoms with Gasteiger partial charge in [-0.3, -0.25) is 4.79 Å². The molecule has 5 heteroatoms. The molecule has 1 atom stereocenters. The number of rotatable bonds is 4. The van der Waals surface area contributed by atoms with Gasteiger partial charge >= 0.3 is 0 Å². The Bertz CT molecular complexity index is 373. The molecule has 0 saturated heterocycles. The number of anilines is 2. The van der Waals surface area contributed by atoms with Crippen LogP contribution in [0.4, 0.5) is 10.7 Å². The van der Waals surface area contributed by atoms with Crippen LogP contribution in [-0.2, 0) is 0 Å². The highest BCUT2D eigenvalue weighted by molar-refractivity contribution is 7.18. The van der Waals surface area contributed by atoms with Crippen molar-refractivity contribution in [3.63, 3.8) is 0 Å². The number of carbonyl (C=O) groups is 1. The van der Waals surface area contributed by atoms with E-state index in [2.05, 4.69) is 19.2 Å².